The largest absolute Gasteiger partial charge is 0.482 e. The zero-order chi connectivity index (χ0) is 23.0. The molecule has 0 aromatic heterocycles. The van der Waals surface area contributed by atoms with Gasteiger partial charge in [0, 0.05) is 19.6 Å². The standard InChI is InChI=1S/C21H31N3O6S2/c1-2-3-12-31-13-4-7-22-20(25)15-24-18-14-17(5-6-19(18)30-16-21(24)26)32(27,28)23-8-10-29-11-9-23/h5-6,14H,2-4,7-13,15-16H2,1H3,(H,22,25). The molecule has 3 rings (SSSR count). The topological polar surface area (TPSA) is 105 Å². The molecule has 0 aliphatic carbocycles. The highest BCUT2D eigenvalue weighted by Crippen LogP contribution is 2.35. The Balaban J connectivity index is 1.64. The van der Waals surface area contributed by atoms with Gasteiger partial charge in [0.25, 0.3) is 5.91 Å². The molecule has 1 aromatic rings. The van der Waals surface area contributed by atoms with Crippen LogP contribution >= 0.6 is 11.8 Å². The molecule has 1 fully saturated rings. The van der Waals surface area contributed by atoms with E-state index in [-0.39, 0.29) is 43.0 Å². The van der Waals surface area contributed by atoms with Crippen molar-refractivity contribution >= 4 is 39.3 Å². The minimum Gasteiger partial charge on any atom is -0.482 e. The number of ether oxygens (including phenoxy) is 2. The number of nitrogens with one attached hydrogen (secondary N) is 1. The van der Waals surface area contributed by atoms with Crippen LogP contribution in [0.25, 0.3) is 0 Å². The third kappa shape index (κ3) is 6.37. The van der Waals surface area contributed by atoms with Crippen molar-refractivity contribution in [2.24, 2.45) is 0 Å². The third-order valence-electron chi connectivity index (χ3n) is 5.21. The van der Waals surface area contributed by atoms with Crippen LogP contribution in [0.5, 0.6) is 5.75 Å². The second-order valence-corrected chi connectivity index (χ2v) is 10.7. The SMILES string of the molecule is CCCCSCCCNC(=O)CN1C(=O)COc2ccc(S(=O)(=O)N3CCOCC3)cc21. The van der Waals surface area contributed by atoms with Gasteiger partial charge in [-0.25, -0.2) is 8.42 Å². The fraction of sp³-hybridized carbons (Fsp3) is 0.619. The first-order valence-electron chi connectivity index (χ1n) is 10.9. The molecule has 0 saturated carbocycles. The Kier molecular flexibility index (Phi) is 9.21. The van der Waals surface area contributed by atoms with E-state index in [1.54, 1.807) is 0 Å². The minimum atomic E-state index is -3.74. The lowest BCUT2D eigenvalue weighted by atomic mass is 10.2. The summed E-state index contributed by atoms with van der Waals surface area (Å²) in [5.74, 6) is 1.81. The lowest BCUT2D eigenvalue weighted by Crippen LogP contribution is -2.45. The molecule has 32 heavy (non-hydrogen) atoms. The van der Waals surface area contributed by atoms with Crippen molar-refractivity contribution in [3.63, 3.8) is 0 Å². The zero-order valence-electron chi connectivity index (χ0n) is 18.4. The van der Waals surface area contributed by atoms with Crippen LogP contribution in [0.15, 0.2) is 23.1 Å². The Morgan fingerprint density at radius 1 is 1.19 bits per heavy atom. The number of hydrogen-bond donors (Lipinski definition) is 1. The number of anilines is 1. The molecule has 11 heteroatoms. The number of hydrogen-bond acceptors (Lipinski definition) is 7. The summed E-state index contributed by atoms with van der Waals surface area (Å²) in [4.78, 5) is 26.3. The number of amides is 2. The monoisotopic (exact) mass is 485 g/mol. The van der Waals surface area contributed by atoms with Gasteiger partial charge < -0.3 is 14.8 Å². The van der Waals surface area contributed by atoms with Gasteiger partial charge in [0.1, 0.15) is 12.3 Å². The van der Waals surface area contributed by atoms with Gasteiger partial charge in [-0.05, 0) is 42.5 Å². The molecule has 1 N–H and O–H groups in total. The van der Waals surface area contributed by atoms with Crippen molar-refractivity contribution < 1.29 is 27.5 Å². The first-order chi connectivity index (χ1) is 15.4. The van der Waals surface area contributed by atoms with E-state index < -0.39 is 10.0 Å². The van der Waals surface area contributed by atoms with E-state index in [2.05, 4.69) is 12.2 Å². The Morgan fingerprint density at radius 3 is 2.69 bits per heavy atom. The van der Waals surface area contributed by atoms with Crippen LogP contribution in [0, 0.1) is 0 Å². The lowest BCUT2D eigenvalue weighted by molar-refractivity contribution is -0.125. The van der Waals surface area contributed by atoms with Crippen LogP contribution in [0.4, 0.5) is 5.69 Å². The predicted molar refractivity (Wildman–Crippen MR) is 124 cm³/mol. The van der Waals surface area contributed by atoms with E-state index in [9.17, 15) is 18.0 Å². The van der Waals surface area contributed by atoms with Crippen LogP contribution in [0.3, 0.4) is 0 Å². The number of carbonyl (C=O) groups excluding carboxylic acids is 2. The smallest absolute Gasteiger partial charge is 0.265 e. The summed E-state index contributed by atoms with van der Waals surface area (Å²) in [7, 11) is -3.74. The van der Waals surface area contributed by atoms with E-state index in [1.807, 2.05) is 11.8 Å². The van der Waals surface area contributed by atoms with Gasteiger partial charge in [-0.15, -0.1) is 0 Å². The van der Waals surface area contributed by atoms with Crippen molar-refractivity contribution in [3.8, 4) is 5.75 Å². The highest BCUT2D eigenvalue weighted by Gasteiger charge is 2.31. The molecule has 0 unspecified atom stereocenters. The van der Waals surface area contributed by atoms with Gasteiger partial charge in [0.2, 0.25) is 15.9 Å². The number of nitrogens with zero attached hydrogens (tertiary/aromatic N) is 2. The second kappa shape index (κ2) is 11.9. The van der Waals surface area contributed by atoms with E-state index in [4.69, 9.17) is 9.47 Å². The van der Waals surface area contributed by atoms with Crippen LogP contribution in [0.1, 0.15) is 26.2 Å². The third-order valence-corrected chi connectivity index (χ3v) is 8.26. The maximum Gasteiger partial charge on any atom is 0.265 e. The summed E-state index contributed by atoms with van der Waals surface area (Å²) >= 11 is 1.87. The molecule has 0 spiro atoms. The normalized spacial score (nSPS) is 17.0. The van der Waals surface area contributed by atoms with Crippen molar-refractivity contribution in [2.45, 2.75) is 31.1 Å². The zero-order valence-corrected chi connectivity index (χ0v) is 20.0. The van der Waals surface area contributed by atoms with Crippen molar-refractivity contribution in [2.75, 3.05) is 62.4 Å². The van der Waals surface area contributed by atoms with Gasteiger partial charge in [-0.3, -0.25) is 14.5 Å². The Labute approximate surface area is 193 Å². The molecule has 2 aliphatic heterocycles. The summed E-state index contributed by atoms with van der Waals surface area (Å²) < 4.78 is 38.0. The summed E-state index contributed by atoms with van der Waals surface area (Å²) in [5.41, 5.74) is 0.292. The molecular formula is C21H31N3O6S2. The van der Waals surface area contributed by atoms with Gasteiger partial charge in [-0.2, -0.15) is 16.1 Å². The van der Waals surface area contributed by atoms with E-state index in [0.717, 1.165) is 17.9 Å². The fourth-order valence-electron chi connectivity index (χ4n) is 3.40. The summed E-state index contributed by atoms with van der Waals surface area (Å²) in [6.45, 7) is 3.56. The Hall–Kier alpha value is -1.82. The molecule has 2 amide bonds. The fourth-order valence-corrected chi connectivity index (χ4v) is 5.88. The van der Waals surface area contributed by atoms with Gasteiger partial charge in [0.05, 0.1) is 23.8 Å². The first kappa shape index (κ1) is 24.8. The van der Waals surface area contributed by atoms with Crippen molar-refractivity contribution in [1.29, 1.82) is 0 Å². The predicted octanol–water partition coefficient (Wildman–Crippen LogP) is 1.47. The number of unbranched alkanes of at least 4 members (excludes halogenated alkanes) is 1. The highest BCUT2D eigenvalue weighted by molar-refractivity contribution is 7.99. The number of morpholine rings is 1. The van der Waals surface area contributed by atoms with Crippen LogP contribution < -0.4 is 15.0 Å². The molecule has 1 aromatic carbocycles. The van der Waals surface area contributed by atoms with E-state index >= 15 is 0 Å². The summed E-state index contributed by atoms with van der Waals surface area (Å²) in [6, 6.07) is 4.41. The van der Waals surface area contributed by atoms with Crippen LogP contribution in [0.2, 0.25) is 0 Å². The average Bonchev–Trinajstić information content (AvgIpc) is 2.80. The van der Waals surface area contributed by atoms with E-state index in [0.29, 0.717) is 31.2 Å². The lowest BCUT2D eigenvalue weighted by Gasteiger charge is -2.30. The number of benzene rings is 1. The van der Waals surface area contributed by atoms with E-state index in [1.165, 1.54) is 40.2 Å². The Morgan fingerprint density at radius 2 is 1.94 bits per heavy atom. The van der Waals surface area contributed by atoms with Crippen molar-refractivity contribution in [1.82, 2.24) is 9.62 Å². The molecular weight excluding hydrogens is 454 g/mol. The molecule has 0 radical (unpaired) electrons. The van der Waals surface area contributed by atoms with Gasteiger partial charge in [0.15, 0.2) is 6.61 Å². The summed E-state index contributed by atoms with van der Waals surface area (Å²) in [6.07, 6.45) is 3.22. The average molecular weight is 486 g/mol. The molecule has 178 valence electrons. The number of thioether (sulfide) groups is 1. The number of sulfonamides is 1. The maximum absolute atomic E-state index is 13.0. The molecule has 0 bridgehead atoms. The Bertz CT molecular complexity index is 903. The maximum atomic E-state index is 13.0. The van der Waals surface area contributed by atoms with Gasteiger partial charge >= 0.3 is 0 Å². The van der Waals surface area contributed by atoms with Crippen molar-refractivity contribution in [3.05, 3.63) is 18.2 Å². The van der Waals surface area contributed by atoms with Gasteiger partial charge in [-0.1, -0.05) is 13.3 Å². The number of carbonyl (C=O) groups is 2. The number of fused-ring (bicyclic) bond motifs is 1. The molecule has 0 atom stereocenters. The summed E-state index contributed by atoms with van der Waals surface area (Å²) in [5, 5.41) is 2.84. The molecule has 2 heterocycles. The van der Waals surface area contributed by atoms with Crippen LogP contribution in [-0.4, -0.2) is 82.0 Å². The number of rotatable bonds is 11. The minimum absolute atomic E-state index is 0.0611. The molecule has 1 saturated heterocycles. The van der Waals surface area contributed by atoms with Crippen LogP contribution in [-0.2, 0) is 24.3 Å². The second-order valence-electron chi connectivity index (χ2n) is 7.58. The molecule has 9 nitrogen and oxygen atoms in total. The quantitative estimate of drug-likeness (QED) is 0.473. The highest BCUT2D eigenvalue weighted by atomic mass is 32.2. The first-order valence-corrected chi connectivity index (χ1v) is 13.5. The molecule has 2 aliphatic rings.